The Labute approximate surface area is 153 Å². The molecule has 0 saturated heterocycles. The molecule has 0 atom stereocenters. The minimum atomic E-state index is 0.00408. The van der Waals surface area contributed by atoms with E-state index in [1.807, 2.05) is 19.9 Å². The first kappa shape index (κ1) is 17.6. The zero-order valence-electron chi connectivity index (χ0n) is 14.2. The van der Waals surface area contributed by atoms with Crippen LogP contribution in [0.2, 0.25) is 0 Å². The summed E-state index contributed by atoms with van der Waals surface area (Å²) in [6.07, 6.45) is 1.90. The molecule has 3 aromatic rings. The van der Waals surface area contributed by atoms with Gasteiger partial charge in [0.2, 0.25) is 0 Å². The molecule has 0 N–H and O–H groups in total. The molecular weight excluding hydrogens is 354 g/mol. The van der Waals surface area contributed by atoms with E-state index in [1.165, 1.54) is 23.1 Å². The van der Waals surface area contributed by atoms with E-state index in [1.54, 1.807) is 16.7 Å². The van der Waals surface area contributed by atoms with Gasteiger partial charge in [-0.05, 0) is 49.7 Å². The number of nitriles is 1. The minimum Gasteiger partial charge on any atom is -0.287 e. The Kier molecular flexibility index (Phi) is 5.16. The van der Waals surface area contributed by atoms with Gasteiger partial charge in [0.15, 0.2) is 10.9 Å². The number of unbranched alkanes of at least 4 members (excludes halogenated alkanes) is 1. The first-order valence-electron chi connectivity index (χ1n) is 7.97. The zero-order valence-corrected chi connectivity index (χ0v) is 15.9. The van der Waals surface area contributed by atoms with Crippen molar-refractivity contribution < 1.29 is 0 Å². The molecule has 0 unspecified atom stereocenters. The second-order valence-electron chi connectivity index (χ2n) is 5.64. The molecule has 0 fully saturated rings. The van der Waals surface area contributed by atoms with Gasteiger partial charge >= 0.3 is 0 Å². The highest BCUT2D eigenvalue weighted by atomic mass is 32.2. The van der Waals surface area contributed by atoms with E-state index in [0.717, 1.165) is 28.1 Å². The Morgan fingerprint density at radius 1 is 1.32 bits per heavy atom. The van der Waals surface area contributed by atoms with Gasteiger partial charge in [0.1, 0.15) is 15.9 Å². The fourth-order valence-corrected chi connectivity index (χ4v) is 4.33. The van der Waals surface area contributed by atoms with Crippen molar-refractivity contribution in [2.75, 3.05) is 0 Å². The fraction of sp³-hybridized carbons (Fsp3) is 0.353. The first-order valence-corrected chi connectivity index (χ1v) is 9.60. The van der Waals surface area contributed by atoms with Crippen LogP contribution in [0.15, 0.2) is 27.1 Å². The van der Waals surface area contributed by atoms with Gasteiger partial charge in [-0.15, -0.1) is 21.5 Å². The Hall–Kier alpha value is -2.24. The standard InChI is InChI=1S/C17H17N5OS2/c1-4-5-8-22-16(23)14-10(2)11(3)24-15(14)19-17(22)25-13-7-6-12(9-18)20-21-13/h6-7H,4-5,8H2,1-3H3. The van der Waals surface area contributed by atoms with Gasteiger partial charge < -0.3 is 0 Å². The second kappa shape index (κ2) is 7.33. The van der Waals surface area contributed by atoms with Crippen molar-refractivity contribution in [3.05, 3.63) is 38.6 Å². The quantitative estimate of drug-likeness (QED) is 0.636. The Morgan fingerprint density at radius 3 is 2.76 bits per heavy atom. The lowest BCUT2D eigenvalue weighted by Gasteiger charge is -2.11. The molecule has 0 aliphatic heterocycles. The monoisotopic (exact) mass is 371 g/mol. The lowest BCUT2D eigenvalue weighted by Crippen LogP contribution is -2.23. The number of hydrogen-bond donors (Lipinski definition) is 0. The molecule has 0 aliphatic carbocycles. The topological polar surface area (TPSA) is 84.5 Å². The van der Waals surface area contributed by atoms with Crippen LogP contribution in [-0.2, 0) is 6.54 Å². The lowest BCUT2D eigenvalue weighted by atomic mass is 10.2. The average molecular weight is 371 g/mol. The highest BCUT2D eigenvalue weighted by Crippen LogP contribution is 2.30. The number of rotatable bonds is 5. The van der Waals surface area contributed by atoms with Crippen LogP contribution in [0.4, 0.5) is 0 Å². The summed E-state index contributed by atoms with van der Waals surface area (Å²) in [7, 11) is 0. The van der Waals surface area contributed by atoms with Crippen LogP contribution in [0.1, 0.15) is 35.9 Å². The molecule has 0 saturated carbocycles. The van der Waals surface area contributed by atoms with E-state index in [-0.39, 0.29) is 11.3 Å². The SMILES string of the molecule is CCCCn1c(Sc2ccc(C#N)nn2)nc2sc(C)c(C)c2c1=O. The molecule has 25 heavy (non-hydrogen) atoms. The van der Waals surface area contributed by atoms with E-state index in [4.69, 9.17) is 10.2 Å². The van der Waals surface area contributed by atoms with Crippen molar-refractivity contribution in [2.45, 2.75) is 50.3 Å². The molecule has 0 bridgehead atoms. The molecule has 8 heteroatoms. The van der Waals surface area contributed by atoms with Crippen molar-refractivity contribution in [3.8, 4) is 6.07 Å². The van der Waals surface area contributed by atoms with Gasteiger partial charge in [0, 0.05) is 11.4 Å². The highest BCUT2D eigenvalue weighted by molar-refractivity contribution is 7.99. The van der Waals surface area contributed by atoms with Crippen molar-refractivity contribution in [3.63, 3.8) is 0 Å². The summed E-state index contributed by atoms with van der Waals surface area (Å²) in [4.78, 5) is 19.6. The van der Waals surface area contributed by atoms with Crippen molar-refractivity contribution in [1.29, 1.82) is 5.26 Å². The van der Waals surface area contributed by atoms with Gasteiger partial charge in [-0.25, -0.2) is 4.98 Å². The summed E-state index contributed by atoms with van der Waals surface area (Å²) >= 11 is 2.84. The van der Waals surface area contributed by atoms with E-state index in [9.17, 15) is 4.79 Å². The van der Waals surface area contributed by atoms with Crippen LogP contribution in [0, 0.1) is 25.2 Å². The van der Waals surface area contributed by atoms with E-state index in [0.29, 0.717) is 22.1 Å². The van der Waals surface area contributed by atoms with Gasteiger partial charge in [0.25, 0.3) is 5.56 Å². The zero-order chi connectivity index (χ0) is 18.0. The van der Waals surface area contributed by atoms with E-state index >= 15 is 0 Å². The predicted octanol–water partition coefficient (Wildman–Crippen LogP) is 3.69. The van der Waals surface area contributed by atoms with Crippen LogP contribution < -0.4 is 5.56 Å². The molecule has 6 nitrogen and oxygen atoms in total. The molecule has 3 rings (SSSR count). The maximum atomic E-state index is 13.0. The molecule has 0 amide bonds. The Morgan fingerprint density at radius 2 is 2.12 bits per heavy atom. The fourth-order valence-electron chi connectivity index (χ4n) is 2.43. The van der Waals surface area contributed by atoms with E-state index in [2.05, 4.69) is 17.1 Å². The third-order valence-electron chi connectivity index (χ3n) is 3.94. The number of fused-ring (bicyclic) bond motifs is 1. The van der Waals surface area contributed by atoms with Crippen LogP contribution in [0.5, 0.6) is 0 Å². The summed E-state index contributed by atoms with van der Waals surface area (Å²) in [5, 5.41) is 18.7. The molecule has 3 aromatic heterocycles. The van der Waals surface area contributed by atoms with Crippen LogP contribution >= 0.6 is 23.1 Å². The second-order valence-corrected chi connectivity index (χ2v) is 7.83. The number of nitrogens with zero attached hydrogens (tertiary/aromatic N) is 5. The molecule has 0 aromatic carbocycles. The van der Waals surface area contributed by atoms with Gasteiger partial charge in [0.05, 0.1) is 5.39 Å². The Balaban J connectivity index is 2.11. The normalized spacial score (nSPS) is 11.0. The van der Waals surface area contributed by atoms with Gasteiger partial charge in [-0.2, -0.15) is 5.26 Å². The number of hydrogen-bond acceptors (Lipinski definition) is 7. The van der Waals surface area contributed by atoms with Crippen LogP contribution in [-0.4, -0.2) is 19.7 Å². The van der Waals surface area contributed by atoms with Crippen molar-refractivity contribution in [2.24, 2.45) is 0 Å². The minimum absolute atomic E-state index is 0.00408. The summed E-state index contributed by atoms with van der Waals surface area (Å²) in [6, 6.07) is 5.28. The largest absolute Gasteiger partial charge is 0.287 e. The third kappa shape index (κ3) is 3.43. The molecule has 0 radical (unpaired) electrons. The maximum absolute atomic E-state index is 13.0. The molecular formula is C17H17N5OS2. The van der Waals surface area contributed by atoms with Crippen LogP contribution in [0.3, 0.4) is 0 Å². The smallest absolute Gasteiger partial charge is 0.263 e. The highest BCUT2D eigenvalue weighted by Gasteiger charge is 2.17. The first-order chi connectivity index (χ1) is 12.0. The number of aromatic nitrogens is 4. The summed E-state index contributed by atoms with van der Waals surface area (Å²) in [5.74, 6) is 0. The van der Waals surface area contributed by atoms with Gasteiger partial charge in [-0.3, -0.25) is 9.36 Å². The maximum Gasteiger partial charge on any atom is 0.263 e. The molecule has 0 aliphatic rings. The van der Waals surface area contributed by atoms with Gasteiger partial charge in [-0.1, -0.05) is 13.3 Å². The average Bonchev–Trinajstić information content (AvgIpc) is 2.89. The summed E-state index contributed by atoms with van der Waals surface area (Å²) in [5.41, 5.74) is 1.28. The van der Waals surface area contributed by atoms with Crippen LogP contribution in [0.25, 0.3) is 10.2 Å². The molecule has 128 valence electrons. The number of aryl methyl sites for hydroxylation is 2. The predicted molar refractivity (Wildman–Crippen MR) is 99.1 cm³/mol. The summed E-state index contributed by atoms with van der Waals surface area (Å²) in [6.45, 7) is 6.70. The van der Waals surface area contributed by atoms with Crippen molar-refractivity contribution in [1.82, 2.24) is 19.7 Å². The molecule has 0 spiro atoms. The summed E-state index contributed by atoms with van der Waals surface area (Å²) < 4.78 is 1.73. The Bertz CT molecular complexity index is 1010. The third-order valence-corrected chi connectivity index (χ3v) is 5.96. The van der Waals surface area contributed by atoms with E-state index < -0.39 is 0 Å². The lowest BCUT2D eigenvalue weighted by molar-refractivity contribution is 0.558. The number of thiophene rings is 1. The molecule has 3 heterocycles. The van der Waals surface area contributed by atoms with Crippen molar-refractivity contribution >= 4 is 33.3 Å².